The van der Waals surface area contributed by atoms with Crippen molar-refractivity contribution in [2.45, 2.75) is 25.0 Å². The number of carbonyl (C=O) groups is 2. The molecule has 3 heteroatoms. The molecule has 68 valence electrons. The van der Waals surface area contributed by atoms with E-state index < -0.39 is 0 Å². The van der Waals surface area contributed by atoms with E-state index in [0.717, 1.165) is 0 Å². The molecular weight excluding hydrogens is 168 g/mol. The van der Waals surface area contributed by atoms with E-state index in [4.69, 9.17) is 4.74 Å². The first-order valence-corrected chi connectivity index (χ1v) is 4.65. The van der Waals surface area contributed by atoms with E-state index >= 15 is 0 Å². The molecule has 0 spiro atoms. The Morgan fingerprint density at radius 1 is 1.31 bits per heavy atom. The van der Waals surface area contributed by atoms with Crippen LogP contribution in [-0.4, -0.2) is 23.8 Å². The van der Waals surface area contributed by atoms with Gasteiger partial charge in [0.1, 0.15) is 6.10 Å². The summed E-state index contributed by atoms with van der Waals surface area (Å²) in [5, 5.41) is 0. The van der Waals surface area contributed by atoms with E-state index in [9.17, 15) is 9.59 Å². The minimum absolute atomic E-state index is 0.0619. The van der Waals surface area contributed by atoms with Crippen molar-refractivity contribution in [3.8, 4) is 0 Å². The van der Waals surface area contributed by atoms with Gasteiger partial charge in [-0.05, 0) is 6.08 Å². The Bertz CT molecular complexity index is 318. The SMILES string of the molecule is O=C1C=C[C@H]2[C@@H](C1)[C@H]1O[C@@H]2CC1=O. The zero-order chi connectivity index (χ0) is 9.00. The summed E-state index contributed by atoms with van der Waals surface area (Å²) in [4.78, 5) is 22.5. The maximum absolute atomic E-state index is 11.3. The van der Waals surface area contributed by atoms with Gasteiger partial charge in [-0.2, -0.15) is 0 Å². The summed E-state index contributed by atoms with van der Waals surface area (Å²) in [7, 11) is 0. The minimum atomic E-state index is -0.274. The normalized spacial score (nSPS) is 47.1. The number of rotatable bonds is 0. The number of ketones is 2. The van der Waals surface area contributed by atoms with E-state index in [2.05, 4.69) is 0 Å². The first-order chi connectivity index (χ1) is 6.25. The molecule has 3 nitrogen and oxygen atoms in total. The second-order valence-electron chi connectivity index (χ2n) is 4.04. The molecule has 13 heavy (non-hydrogen) atoms. The Morgan fingerprint density at radius 2 is 2.15 bits per heavy atom. The van der Waals surface area contributed by atoms with Crippen molar-refractivity contribution in [1.29, 1.82) is 0 Å². The molecule has 3 rings (SSSR count). The highest BCUT2D eigenvalue weighted by atomic mass is 16.5. The molecule has 2 aliphatic heterocycles. The molecule has 4 atom stereocenters. The Kier molecular flexibility index (Phi) is 1.31. The van der Waals surface area contributed by atoms with Crippen LogP contribution < -0.4 is 0 Å². The Balaban J connectivity index is 1.97. The van der Waals surface area contributed by atoms with Crippen LogP contribution in [0.1, 0.15) is 12.8 Å². The lowest BCUT2D eigenvalue weighted by molar-refractivity contribution is -0.125. The smallest absolute Gasteiger partial charge is 0.164 e. The van der Waals surface area contributed by atoms with Gasteiger partial charge in [-0.3, -0.25) is 9.59 Å². The fraction of sp³-hybridized carbons (Fsp3) is 0.600. The van der Waals surface area contributed by atoms with Gasteiger partial charge in [-0.1, -0.05) is 6.08 Å². The molecule has 2 fully saturated rings. The predicted molar refractivity (Wildman–Crippen MR) is 44.0 cm³/mol. The largest absolute Gasteiger partial charge is 0.366 e. The predicted octanol–water partition coefficient (Wildman–Crippen LogP) is 0.488. The molecule has 0 amide bonds. The standard InChI is InChI=1S/C10H10O3/c11-5-1-2-6-7(3-5)10-8(12)4-9(6)13-10/h1-2,6-7,9-10H,3-4H2/t6-,7+,9+,10+/m0/s1. The maximum Gasteiger partial charge on any atom is 0.164 e. The van der Waals surface area contributed by atoms with Crippen molar-refractivity contribution in [3.63, 3.8) is 0 Å². The van der Waals surface area contributed by atoms with Crippen molar-refractivity contribution < 1.29 is 14.3 Å². The number of fused-ring (bicyclic) bond motifs is 5. The fourth-order valence-corrected chi connectivity index (χ4v) is 2.70. The molecule has 0 aromatic heterocycles. The second kappa shape index (κ2) is 2.29. The van der Waals surface area contributed by atoms with Crippen molar-refractivity contribution in [3.05, 3.63) is 12.2 Å². The zero-order valence-electron chi connectivity index (χ0n) is 7.10. The summed E-state index contributed by atoms with van der Waals surface area (Å²) < 4.78 is 5.53. The van der Waals surface area contributed by atoms with Gasteiger partial charge in [0.2, 0.25) is 0 Å². The monoisotopic (exact) mass is 178 g/mol. The molecule has 3 aliphatic rings. The highest BCUT2D eigenvalue weighted by Gasteiger charge is 2.53. The first-order valence-electron chi connectivity index (χ1n) is 4.65. The number of allylic oxidation sites excluding steroid dienone is 1. The van der Waals surface area contributed by atoms with Gasteiger partial charge in [0.25, 0.3) is 0 Å². The molecule has 1 aliphatic carbocycles. The zero-order valence-corrected chi connectivity index (χ0v) is 7.10. The van der Waals surface area contributed by atoms with Crippen LogP contribution in [0, 0.1) is 11.8 Å². The molecule has 2 saturated heterocycles. The molecule has 0 saturated carbocycles. The van der Waals surface area contributed by atoms with Crippen LogP contribution in [0.25, 0.3) is 0 Å². The van der Waals surface area contributed by atoms with E-state index in [1.807, 2.05) is 6.08 Å². The van der Waals surface area contributed by atoms with Gasteiger partial charge in [0.05, 0.1) is 6.10 Å². The highest BCUT2D eigenvalue weighted by molar-refractivity contribution is 5.93. The Morgan fingerprint density at radius 3 is 3.00 bits per heavy atom. The summed E-state index contributed by atoms with van der Waals surface area (Å²) in [6.45, 7) is 0. The molecule has 0 aromatic carbocycles. The first kappa shape index (κ1) is 7.44. The summed E-state index contributed by atoms with van der Waals surface area (Å²) in [5.74, 6) is 0.781. The molecule has 2 bridgehead atoms. The molecule has 0 radical (unpaired) electrons. The van der Waals surface area contributed by atoms with E-state index in [1.165, 1.54) is 0 Å². The van der Waals surface area contributed by atoms with Gasteiger partial charge in [-0.15, -0.1) is 0 Å². The van der Waals surface area contributed by atoms with Crippen LogP contribution in [0.2, 0.25) is 0 Å². The van der Waals surface area contributed by atoms with Gasteiger partial charge < -0.3 is 4.74 Å². The summed E-state index contributed by atoms with van der Waals surface area (Å²) in [6, 6.07) is 0. The maximum atomic E-state index is 11.3. The van der Waals surface area contributed by atoms with Crippen LogP contribution in [0.15, 0.2) is 12.2 Å². The Hall–Kier alpha value is -0.960. The number of Topliss-reactive ketones (excluding diaryl/α,β-unsaturated/α-hetero) is 1. The fourth-order valence-electron chi connectivity index (χ4n) is 2.70. The number of hydrogen-bond acceptors (Lipinski definition) is 3. The van der Waals surface area contributed by atoms with Crippen molar-refractivity contribution >= 4 is 11.6 Å². The van der Waals surface area contributed by atoms with Crippen LogP contribution >= 0.6 is 0 Å². The average molecular weight is 178 g/mol. The van der Waals surface area contributed by atoms with Gasteiger partial charge in [-0.25, -0.2) is 0 Å². The molecule has 0 aromatic rings. The van der Waals surface area contributed by atoms with Crippen LogP contribution in [0.3, 0.4) is 0 Å². The molecule has 0 N–H and O–H groups in total. The third-order valence-corrected chi connectivity index (χ3v) is 3.29. The van der Waals surface area contributed by atoms with Gasteiger partial charge in [0, 0.05) is 24.7 Å². The van der Waals surface area contributed by atoms with E-state index in [0.29, 0.717) is 18.8 Å². The highest BCUT2D eigenvalue weighted by Crippen LogP contribution is 2.45. The van der Waals surface area contributed by atoms with Crippen molar-refractivity contribution in [2.75, 3.05) is 0 Å². The van der Waals surface area contributed by atoms with Crippen molar-refractivity contribution in [2.24, 2.45) is 11.8 Å². The molecule has 0 unspecified atom stereocenters. The lowest BCUT2D eigenvalue weighted by atomic mass is 9.73. The second-order valence-corrected chi connectivity index (χ2v) is 4.04. The third kappa shape index (κ3) is 0.879. The lowest BCUT2D eigenvalue weighted by Crippen LogP contribution is -2.35. The van der Waals surface area contributed by atoms with Crippen LogP contribution in [0.4, 0.5) is 0 Å². The van der Waals surface area contributed by atoms with Crippen molar-refractivity contribution in [1.82, 2.24) is 0 Å². The molecular formula is C10H10O3. The third-order valence-electron chi connectivity index (χ3n) is 3.29. The topological polar surface area (TPSA) is 43.4 Å². The average Bonchev–Trinajstić information content (AvgIpc) is 2.60. The summed E-state index contributed by atoms with van der Waals surface area (Å²) in [6.07, 6.45) is 4.39. The summed E-state index contributed by atoms with van der Waals surface area (Å²) in [5.41, 5.74) is 0. The summed E-state index contributed by atoms with van der Waals surface area (Å²) >= 11 is 0. The number of carbonyl (C=O) groups excluding carboxylic acids is 2. The van der Waals surface area contributed by atoms with Crippen LogP contribution in [0.5, 0.6) is 0 Å². The minimum Gasteiger partial charge on any atom is -0.366 e. The van der Waals surface area contributed by atoms with Gasteiger partial charge in [0.15, 0.2) is 11.6 Å². The Labute approximate surface area is 75.8 Å². The van der Waals surface area contributed by atoms with Crippen LogP contribution in [-0.2, 0) is 14.3 Å². The quantitative estimate of drug-likeness (QED) is 0.542. The number of ether oxygens (including phenoxy) is 1. The molecule has 2 heterocycles. The lowest BCUT2D eigenvalue weighted by Gasteiger charge is -2.26. The number of hydrogen-bond donors (Lipinski definition) is 0. The van der Waals surface area contributed by atoms with Gasteiger partial charge >= 0.3 is 0 Å². The van der Waals surface area contributed by atoms with E-state index in [1.54, 1.807) is 6.08 Å². The van der Waals surface area contributed by atoms with E-state index in [-0.39, 0.29) is 29.7 Å².